The van der Waals surface area contributed by atoms with Gasteiger partial charge in [0.1, 0.15) is 73.2 Å². The maximum absolute atomic E-state index is 10.6. The molecule has 0 amide bonds. The van der Waals surface area contributed by atoms with Crippen LogP contribution in [0.3, 0.4) is 0 Å². The predicted octanol–water partition coefficient (Wildman–Crippen LogP) is -7.57. The third kappa shape index (κ3) is 5.37. The lowest BCUT2D eigenvalue weighted by Gasteiger charge is -2.47. The zero-order valence-electron chi connectivity index (χ0n) is 17.7. The molecular formula is C18H32O16. The van der Waals surface area contributed by atoms with Gasteiger partial charge in [-0.2, -0.15) is 0 Å². The first kappa shape index (κ1) is 27.9. The van der Waals surface area contributed by atoms with E-state index in [0.717, 1.165) is 0 Å². The van der Waals surface area contributed by atoms with Gasteiger partial charge in [-0.25, -0.2) is 0 Å². The van der Waals surface area contributed by atoms with E-state index in [0.29, 0.717) is 0 Å². The molecule has 3 aliphatic rings. The van der Waals surface area contributed by atoms with Gasteiger partial charge in [-0.3, -0.25) is 0 Å². The highest BCUT2D eigenvalue weighted by molar-refractivity contribution is 4.96. The van der Waals surface area contributed by atoms with Gasteiger partial charge in [-0.1, -0.05) is 0 Å². The van der Waals surface area contributed by atoms with Crippen LogP contribution >= 0.6 is 0 Å². The van der Waals surface area contributed by atoms with Crippen molar-refractivity contribution >= 4 is 0 Å². The average Bonchev–Trinajstić information content (AvgIpc) is 2.83. The molecule has 3 saturated heterocycles. The summed E-state index contributed by atoms with van der Waals surface area (Å²) in [6.45, 7) is -2.32. The van der Waals surface area contributed by atoms with E-state index in [1.165, 1.54) is 0 Å². The van der Waals surface area contributed by atoms with Crippen LogP contribution in [0.1, 0.15) is 0 Å². The van der Waals surface area contributed by atoms with Gasteiger partial charge in [0, 0.05) is 0 Å². The molecule has 0 aliphatic carbocycles. The molecule has 0 spiro atoms. The predicted molar refractivity (Wildman–Crippen MR) is 101 cm³/mol. The standard InChI is InChI=1S/C18H32O16/c19-1-4-7(22)8(23)12(27)17(31-4)34-15-6(3-21)32-18(13(28)10(15)25)33-14-5(2-20)30-16(29)11(26)9(14)24/h4-29H,1-3H2/t4-,5+,6+,7-,8+,9+,10+,11+,12-,13+,14+,15+,16+,17+,18-/m1/s1. The lowest BCUT2D eigenvalue weighted by Crippen LogP contribution is -2.66. The Morgan fingerprint density at radius 2 is 0.853 bits per heavy atom. The second-order valence-corrected chi connectivity index (χ2v) is 8.33. The molecule has 0 unspecified atom stereocenters. The third-order valence-corrected chi connectivity index (χ3v) is 6.09. The molecule has 16 heteroatoms. The largest absolute Gasteiger partial charge is 0.394 e. The minimum absolute atomic E-state index is 0.741. The number of ether oxygens (including phenoxy) is 5. The summed E-state index contributed by atoms with van der Waals surface area (Å²) in [4.78, 5) is 0. The van der Waals surface area contributed by atoms with Gasteiger partial charge in [-0.15, -0.1) is 0 Å². The Hall–Kier alpha value is -0.640. The molecule has 3 fully saturated rings. The third-order valence-electron chi connectivity index (χ3n) is 6.09. The highest BCUT2D eigenvalue weighted by atomic mass is 16.8. The van der Waals surface area contributed by atoms with Crippen molar-refractivity contribution in [3.05, 3.63) is 0 Å². The van der Waals surface area contributed by atoms with Crippen molar-refractivity contribution in [3.8, 4) is 0 Å². The van der Waals surface area contributed by atoms with E-state index in [1.807, 2.05) is 0 Å². The first-order valence-corrected chi connectivity index (χ1v) is 10.6. The van der Waals surface area contributed by atoms with Crippen molar-refractivity contribution in [2.75, 3.05) is 19.8 Å². The summed E-state index contributed by atoms with van der Waals surface area (Å²) >= 11 is 0. The second kappa shape index (κ2) is 11.6. The molecule has 16 nitrogen and oxygen atoms in total. The van der Waals surface area contributed by atoms with Gasteiger partial charge in [0.05, 0.1) is 19.8 Å². The van der Waals surface area contributed by atoms with Crippen molar-refractivity contribution < 1.29 is 79.9 Å². The fraction of sp³-hybridized carbons (Fsp3) is 1.00. The Morgan fingerprint density at radius 3 is 1.35 bits per heavy atom. The van der Waals surface area contributed by atoms with Crippen LogP contribution in [0.5, 0.6) is 0 Å². The molecule has 0 aromatic heterocycles. The van der Waals surface area contributed by atoms with Gasteiger partial charge in [0.25, 0.3) is 0 Å². The fourth-order valence-electron chi connectivity index (χ4n) is 4.06. The zero-order valence-corrected chi connectivity index (χ0v) is 17.7. The van der Waals surface area contributed by atoms with Gasteiger partial charge in [0.15, 0.2) is 18.9 Å². The van der Waals surface area contributed by atoms with Crippen LogP contribution in [-0.2, 0) is 23.7 Å². The molecule has 0 aromatic carbocycles. The summed E-state index contributed by atoms with van der Waals surface area (Å²) in [5.74, 6) is 0. The molecule has 34 heavy (non-hydrogen) atoms. The quantitative estimate of drug-likeness (QED) is 0.154. The average molecular weight is 504 g/mol. The van der Waals surface area contributed by atoms with Gasteiger partial charge in [0.2, 0.25) is 0 Å². The van der Waals surface area contributed by atoms with Crippen LogP contribution in [0, 0.1) is 0 Å². The monoisotopic (exact) mass is 504 g/mol. The topological polar surface area (TPSA) is 269 Å². The minimum atomic E-state index is -1.91. The van der Waals surface area contributed by atoms with Crippen molar-refractivity contribution in [1.82, 2.24) is 0 Å². The van der Waals surface area contributed by atoms with Crippen LogP contribution in [0.4, 0.5) is 0 Å². The van der Waals surface area contributed by atoms with Crippen molar-refractivity contribution in [2.24, 2.45) is 0 Å². The molecule has 0 aromatic rings. The van der Waals surface area contributed by atoms with Crippen molar-refractivity contribution in [1.29, 1.82) is 0 Å². The van der Waals surface area contributed by atoms with Crippen LogP contribution in [0.25, 0.3) is 0 Å². The normalized spacial score (nSPS) is 52.5. The molecule has 3 rings (SSSR count). The summed E-state index contributed by atoms with van der Waals surface area (Å²) in [6.07, 6.45) is -25.1. The van der Waals surface area contributed by atoms with Crippen LogP contribution in [0.2, 0.25) is 0 Å². The van der Waals surface area contributed by atoms with Crippen molar-refractivity contribution in [3.63, 3.8) is 0 Å². The molecule has 0 saturated carbocycles. The number of aliphatic hydroxyl groups excluding tert-OH is 11. The van der Waals surface area contributed by atoms with E-state index in [9.17, 15) is 56.2 Å². The van der Waals surface area contributed by atoms with E-state index < -0.39 is 112 Å². The Balaban J connectivity index is 1.72. The first-order valence-electron chi connectivity index (χ1n) is 10.6. The maximum Gasteiger partial charge on any atom is 0.187 e. The van der Waals surface area contributed by atoms with E-state index in [-0.39, 0.29) is 0 Å². The number of aliphatic hydroxyl groups is 11. The van der Waals surface area contributed by atoms with Gasteiger partial charge < -0.3 is 79.9 Å². The molecular weight excluding hydrogens is 472 g/mol. The molecule has 15 atom stereocenters. The van der Waals surface area contributed by atoms with Crippen LogP contribution in [-0.4, -0.2) is 168 Å². The highest BCUT2D eigenvalue weighted by Gasteiger charge is 2.53. The minimum Gasteiger partial charge on any atom is -0.394 e. The highest BCUT2D eigenvalue weighted by Crippen LogP contribution is 2.32. The van der Waals surface area contributed by atoms with E-state index in [1.54, 1.807) is 0 Å². The fourth-order valence-corrected chi connectivity index (χ4v) is 4.06. The zero-order chi connectivity index (χ0) is 25.3. The number of rotatable bonds is 7. The smallest absolute Gasteiger partial charge is 0.187 e. The molecule has 0 radical (unpaired) electrons. The number of hydrogen-bond acceptors (Lipinski definition) is 16. The van der Waals surface area contributed by atoms with Gasteiger partial charge in [-0.05, 0) is 0 Å². The second-order valence-electron chi connectivity index (χ2n) is 8.33. The maximum atomic E-state index is 10.6. The Labute approximate surface area is 192 Å². The van der Waals surface area contributed by atoms with Crippen molar-refractivity contribution in [2.45, 2.75) is 92.1 Å². The number of hydrogen-bond donors (Lipinski definition) is 11. The van der Waals surface area contributed by atoms with Gasteiger partial charge >= 0.3 is 0 Å². The summed E-state index contributed by atoms with van der Waals surface area (Å²) < 4.78 is 26.4. The summed E-state index contributed by atoms with van der Waals surface area (Å²) in [5.41, 5.74) is 0. The Bertz CT molecular complexity index is 635. The molecule has 3 heterocycles. The Morgan fingerprint density at radius 1 is 0.441 bits per heavy atom. The van der Waals surface area contributed by atoms with Crippen LogP contribution < -0.4 is 0 Å². The molecule has 200 valence electrons. The lowest BCUT2D eigenvalue weighted by molar-refractivity contribution is -0.377. The Kier molecular flexibility index (Phi) is 9.54. The summed E-state index contributed by atoms with van der Waals surface area (Å²) in [7, 11) is 0. The van der Waals surface area contributed by atoms with E-state index >= 15 is 0 Å². The molecule has 11 N–H and O–H groups in total. The summed E-state index contributed by atoms with van der Waals surface area (Å²) in [5, 5.41) is 109. The first-order chi connectivity index (χ1) is 16.0. The van der Waals surface area contributed by atoms with E-state index in [4.69, 9.17) is 23.7 Å². The van der Waals surface area contributed by atoms with Crippen LogP contribution in [0.15, 0.2) is 0 Å². The van der Waals surface area contributed by atoms with E-state index in [2.05, 4.69) is 0 Å². The molecule has 0 bridgehead atoms. The SMILES string of the molecule is OC[C@@H]1O[C@H](O[C@@H]2[C@@H](O)[C@H](O)[C@@H](O)O[C@H]2CO)[C@@H](O)[C@H](O)[C@H]1O[C@@H]1O[C@H](CO)[C@@H](O)[C@H](O)[C@H]1O. The summed E-state index contributed by atoms with van der Waals surface area (Å²) in [6, 6.07) is 0. The molecule has 3 aliphatic heterocycles. The lowest BCUT2D eigenvalue weighted by atomic mass is 9.96.